The lowest BCUT2D eigenvalue weighted by molar-refractivity contribution is 0.0590. The molecule has 3 N–H and O–H groups in total. The summed E-state index contributed by atoms with van der Waals surface area (Å²) in [4.78, 5) is 11.2. The number of aliphatic hydroxyl groups excluding tert-OH is 1. The summed E-state index contributed by atoms with van der Waals surface area (Å²) >= 11 is 0. The Labute approximate surface area is 82.1 Å². The van der Waals surface area contributed by atoms with Gasteiger partial charge < -0.3 is 20.1 Å². The number of aryl methyl sites for hydroxylation is 1. The number of esters is 1. The molecule has 0 aliphatic heterocycles. The average Bonchev–Trinajstić information content (AvgIpc) is 2.58. The minimum Gasteiger partial charge on any atom is -0.464 e. The van der Waals surface area contributed by atoms with Crippen LogP contribution in [-0.4, -0.2) is 29.4 Å². The van der Waals surface area contributed by atoms with Gasteiger partial charge in [0, 0.05) is 13.2 Å². The first-order chi connectivity index (χ1) is 6.60. The van der Waals surface area contributed by atoms with Crippen LogP contribution in [0.4, 0.5) is 0 Å². The molecule has 0 fully saturated rings. The normalized spacial score (nSPS) is 12.6. The van der Waals surface area contributed by atoms with E-state index in [-0.39, 0.29) is 6.61 Å². The van der Waals surface area contributed by atoms with E-state index in [2.05, 4.69) is 4.74 Å². The van der Waals surface area contributed by atoms with Gasteiger partial charge in [0.15, 0.2) is 0 Å². The highest BCUT2D eigenvalue weighted by molar-refractivity contribution is 5.87. The second kappa shape index (κ2) is 4.26. The molecule has 78 valence electrons. The standard InChI is InChI=1S/C9H14N2O3/c1-11-4-6(7(10)5-12)3-8(11)9(13)14-2/h3-4,7,12H,5,10H2,1-2H3/t7-/m1/s1. The maximum absolute atomic E-state index is 11.2. The summed E-state index contributed by atoms with van der Waals surface area (Å²) in [6.45, 7) is -0.148. The van der Waals surface area contributed by atoms with Crippen molar-refractivity contribution in [3.8, 4) is 0 Å². The van der Waals surface area contributed by atoms with Gasteiger partial charge in [-0.05, 0) is 11.6 Å². The van der Waals surface area contributed by atoms with Crippen molar-refractivity contribution in [2.24, 2.45) is 12.8 Å². The number of carbonyl (C=O) groups excluding carboxylic acids is 1. The summed E-state index contributed by atoms with van der Waals surface area (Å²) in [6.07, 6.45) is 1.70. The Morgan fingerprint density at radius 2 is 2.43 bits per heavy atom. The lowest BCUT2D eigenvalue weighted by Crippen LogP contribution is -2.13. The Hall–Kier alpha value is -1.33. The van der Waals surface area contributed by atoms with Gasteiger partial charge >= 0.3 is 5.97 Å². The molecule has 1 aromatic heterocycles. The maximum atomic E-state index is 11.2. The van der Waals surface area contributed by atoms with Crippen LogP contribution in [0.1, 0.15) is 22.1 Å². The van der Waals surface area contributed by atoms with Crippen molar-refractivity contribution in [1.82, 2.24) is 4.57 Å². The van der Waals surface area contributed by atoms with Crippen molar-refractivity contribution in [2.75, 3.05) is 13.7 Å². The molecular weight excluding hydrogens is 184 g/mol. The van der Waals surface area contributed by atoms with E-state index in [1.165, 1.54) is 7.11 Å². The lowest BCUT2D eigenvalue weighted by atomic mass is 10.2. The first-order valence-electron chi connectivity index (χ1n) is 4.21. The summed E-state index contributed by atoms with van der Waals surface area (Å²) in [6, 6.07) is 1.16. The third-order valence-electron chi connectivity index (χ3n) is 2.05. The number of ether oxygens (including phenoxy) is 1. The highest BCUT2D eigenvalue weighted by Crippen LogP contribution is 2.14. The van der Waals surface area contributed by atoms with E-state index in [0.717, 1.165) is 5.56 Å². The third-order valence-corrected chi connectivity index (χ3v) is 2.05. The largest absolute Gasteiger partial charge is 0.464 e. The van der Waals surface area contributed by atoms with Gasteiger partial charge in [-0.25, -0.2) is 4.79 Å². The van der Waals surface area contributed by atoms with Crippen LogP contribution in [0.2, 0.25) is 0 Å². The van der Waals surface area contributed by atoms with E-state index < -0.39 is 12.0 Å². The molecule has 0 bridgehead atoms. The van der Waals surface area contributed by atoms with Gasteiger partial charge in [-0.1, -0.05) is 0 Å². The second-order valence-electron chi connectivity index (χ2n) is 3.05. The lowest BCUT2D eigenvalue weighted by Gasteiger charge is -2.02. The molecule has 0 aliphatic carbocycles. The average molecular weight is 198 g/mol. The van der Waals surface area contributed by atoms with Gasteiger partial charge in [0.2, 0.25) is 0 Å². The Balaban J connectivity index is 2.98. The van der Waals surface area contributed by atoms with E-state index in [1.54, 1.807) is 23.9 Å². The number of aromatic nitrogens is 1. The molecule has 0 unspecified atom stereocenters. The molecule has 0 saturated carbocycles. The number of carbonyl (C=O) groups is 1. The summed E-state index contributed by atoms with van der Waals surface area (Å²) in [5.74, 6) is -0.413. The van der Waals surface area contributed by atoms with Crippen molar-refractivity contribution in [1.29, 1.82) is 0 Å². The predicted octanol–water partition coefficient (Wildman–Crippen LogP) is -0.196. The Bertz CT molecular complexity index is 333. The van der Waals surface area contributed by atoms with Crippen molar-refractivity contribution in [2.45, 2.75) is 6.04 Å². The molecule has 1 rings (SSSR count). The van der Waals surface area contributed by atoms with Crippen LogP contribution in [0.15, 0.2) is 12.3 Å². The minimum absolute atomic E-state index is 0.148. The van der Waals surface area contributed by atoms with E-state index >= 15 is 0 Å². The topological polar surface area (TPSA) is 77.5 Å². The molecule has 0 radical (unpaired) electrons. The molecule has 1 atom stereocenters. The quantitative estimate of drug-likeness (QED) is 0.659. The van der Waals surface area contributed by atoms with Gasteiger partial charge in [-0.2, -0.15) is 0 Å². The van der Waals surface area contributed by atoms with Gasteiger partial charge in [0.1, 0.15) is 5.69 Å². The number of hydrogen-bond donors (Lipinski definition) is 2. The van der Waals surface area contributed by atoms with E-state index in [0.29, 0.717) is 5.69 Å². The third kappa shape index (κ3) is 1.94. The van der Waals surface area contributed by atoms with Crippen molar-refractivity contribution in [3.05, 3.63) is 23.5 Å². The fraction of sp³-hybridized carbons (Fsp3) is 0.444. The number of nitrogens with zero attached hydrogens (tertiary/aromatic N) is 1. The monoisotopic (exact) mass is 198 g/mol. The maximum Gasteiger partial charge on any atom is 0.354 e. The van der Waals surface area contributed by atoms with Gasteiger partial charge in [-0.15, -0.1) is 0 Å². The fourth-order valence-electron chi connectivity index (χ4n) is 1.21. The molecule has 0 aromatic carbocycles. The molecule has 0 aliphatic rings. The minimum atomic E-state index is -0.459. The van der Waals surface area contributed by atoms with Crippen molar-refractivity contribution in [3.63, 3.8) is 0 Å². The second-order valence-corrected chi connectivity index (χ2v) is 3.05. The Kier molecular flexibility index (Phi) is 3.27. The number of aliphatic hydroxyl groups is 1. The molecule has 1 aromatic rings. The molecule has 0 amide bonds. The Morgan fingerprint density at radius 1 is 1.79 bits per heavy atom. The smallest absolute Gasteiger partial charge is 0.354 e. The number of methoxy groups -OCH3 is 1. The van der Waals surface area contributed by atoms with Gasteiger partial charge in [-0.3, -0.25) is 0 Å². The molecule has 0 spiro atoms. The van der Waals surface area contributed by atoms with Crippen LogP contribution in [0.25, 0.3) is 0 Å². The number of hydrogen-bond acceptors (Lipinski definition) is 4. The van der Waals surface area contributed by atoms with Crippen LogP contribution < -0.4 is 5.73 Å². The van der Waals surface area contributed by atoms with Crippen molar-refractivity contribution < 1.29 is 14.6 Å². The summed E-state index contributed by atoms with van der Waals surface area (Å²) < 4.78 is 6.20. The fourth-order valence-corrected chi connectivity index (χ4v) is 1.21. The summed E-state index contributed by atoms with van der Waals surface area (Å²) in [7, 11) is 3.04. The summed E-state index contributed by atoms with van der Waals surface area (Å²) in [5.41, 5.74) is 6.74. The SMILES string of the molecule is COC(=O)c1cc([C@H](N)CO)cn1C. The Morgan fingerprint density at radius 3 is 2.93 bits per heavy atom. The predicted molar refractivity (Wildman–Crippen MR) is 50.8 cm³/mol. The number of nitrogens with two attached hydrogens (primary N) is 1. The van der Waals surface area contributed by atoms with Crippen LogP contribution >= 0.6 is 0 Å². The van der Waals surface area contributed by atoms with Gasteiger partial charge in [0.25, 0.3) is 0 Å². The zero-order valence-corrected chi connectivity index (χ0v) is 8.23. The zero-order valence-electron chi connectivity index (χ0n) is 8.23. The first-order valence-corrected chi connectivity index (χ1v) is 4.21. The molecular formula is C9H14N2O3. The van der Waals surface area contributed by atoms with Crippen LogP contribution in [0.3, 0.4) is 0 Å². The summed E-state index contributed by atoms with van der Waals surface area (Å²) in [5, 5.41) is 8.83. The molecule has 5 nitrogen and oxygen atoms in total. The van der Waals surface area contributed by atoms with Crippen LogP contribution in [0.5, 0.6) is 0 Å². The molecule has 1 heterocycles. The van der Waals surface area contributed by atoms with Crippen molar-refractivity contribution >= 4 is 5.97 Å². The molecule has 5 heteroatoms. The number of rotatable bonds is 3. The highest BCUT2D eigenvalue weighted by Gasteiger charge is 2.14. The molecule has 0 saturated heterocycles. The van der Waals surface area contributed by atoms with E-state index in [1.807, 2.05) is 0 Å². The van der Waals surface area contributed by atoms with Crippen LogP contribution in [0, 0.1) is 0 Å². The van der Waals surface area contributed by atoms with Crippen LogP contribution in [-0.2, 0) is 11.8 Å². The first kappa shape index (κ1) is 10.7. The van der Waals surface area contributed by atoms with E-state index in [4.69, 9.17) is 10.8 Å². The van der Waals surface area contributed by atoms with Gasteiger partial charge in [0.05, 0.1) is 19.8 Å². The zero-order chi connectivity index (χ0) is 10.7. The highest BCUT2D eigenvalue weighted by atomic mass is 16.5. The molecule has 14 heavy (non-hydrogen) atoms. The van der Waals surface area contributed by atoms with E-state index in [9.17, 15) is 4.79 Å².